The third-order valence-electron chi connectivity index (χ3n) is 2.09. The molecule has 0 aliphatic heterocycles. The summed E-state index contributed by atoms with van der Waals surface area (Å²) in [7, 11) is 0. The Labute approximate surface area is 83.9 Å². The number of benzene rings is 1. The van der Waals surface area contributed by atoms with Gasteiger partial charge in [0.05, 0.1) is 5.76 Å². The van der Waals surface area contributed by atoms with Crippen molar-refractivity contribution >= 4 is 5.78 Å². The first-order chi connectivity index (χ1) is 6.61. The zero-order valence-corrected chi connectivity index (χ0v) is 8.45. The fraction of sp³-hybridized carbons (Fsp3) is 0.250. The average Bonchev–Trinajstić information content (AvgIpc) is 2.15. The van der Waals surface area contributed by atoms with Gasteiger partial charge in [-0.05, 0) is 19.4 Å². The average molecular weight is 190 g/mol. The smallest absolute Gasteiger partial charge is 0.159 e. The Bertz CT molecular complexity index is 346. The summed E-state index contributed by atoms with van der Waals surface area (Å²) in [5.74, 6) is 0.0372. The van der Waals surface area contributed by atoms with E-state index in [4.69, 9.17) is 0 Å². The van der Waals surface area contributed by atoms with Gasteiger partial charge in [-0.3, -0.25) is 4.79 Å². The molecule has 2 nitrogen and oxygen atoms in total. The van der Waals surface area contributed by atoms with Crippen LogP contribution in [0, 0.1) is 0 Å². The first-order valence-corrected chi connectivity index (χ1v) is 4.55. The van der Waals surface area contributed by atoms with E-state index < -0.39 is 0 Å². The first-order valence-electron chi connectivity index (χ1n) is 4.55. The topological polar surface area (TPSA) is 37.3 Å². The van der Waals surface area contributed by atoms with Gasteiger partial charge < -0.3 is 5.11 Å². The highest BCUT2D eigenvalue weighted by Gasteiger charge is 2.08. The third-order valence-corrected chi connectivity index (χ3v) is 2.09. The molecule has 74 valence electrons. The van der Waals surface area contributed by atoms with Gasteiger partial charge in [-0.25, -0.2) is 0 Å². The molecule has 1 N–H and O–H groups in total. The summed E-state index contributed by atoms with van der Waals surface area (Å²) in [6.07, 6.45) is 0.499. The summed E-state index contributed by atoms with van der Waals surface area (Å²) in [6.45, 7) is 3.01. The van der Waals surface area contributed by atoms with Gasteiger partial charge in [0, 0.05) is 12.0 Å². The van der Waals surface area contributed by atoms with Crippen LogP contribution >= 0.6 is 0 Å². The van der Waals surface area contributed by atoms with Crippen LogP contribution in [0.1, 0.15) is 19.4 Å². The molecule has 0 unspecified atom stereocenters. The third kappa shape index (κ3) is 2.73. The lowest BCUT2D eigenvalue weighted by molar-refractivity contribution is -0.113. The predicted molar refractivity (Wildman–Crippen MR) is 56.2 cm³/mol. The van der Waals surface area contributed by atoms with Crippen LogP contribution in [0.25, 0.3) is 0 Å². The fourth-order valence-electron chi connectivity index (χ4n) is 1.31. The van der Waals surface area contributed by atoms with Crippen molar-refractivity contribution in [2.45, 2.75) is 20.3 Å². The Hall–Kier alpha value is -1.57. The van der Waals surface area contributed by atoms with Crippen LogP contribution in [0.15, 0.2) is 41.7 Å². The molecule has 0 atom stereocenters. The number of carbonyl (C=O) groups is 1. The molecule has 1 aromatic carbocycles. The SMILES string of the molecule is CC(=O)/C(Cc1ccccc1)=C(\C)O. The van der Waals surface area contributed by atoms with Crippen molar-refractivity contribution in [3.63, 3.8) is 0 Å². The van der Waals surface area contributed by atoms with Gasteiger partial charge >= 0.3 is 0 Å². The minimum Gasteiger partial charge on any atom is -0.512 e. The molecule has 0 bridgehead atoms. The van der Waals surface area contributed by atoms with Crippen LogP contribution in [-0.4, -0.2) is 10.9 Å². The summed E-state index contributed by atoms with van der Waals surface area (Å²) in [5.41, 5.74) is 1.52. The lowest BCUT2D eigenvalue weighted by atomic mass is 10.0. The maximum Gasteiger partial charge on any atom is 0.159 e. The Morgan fingerprint density at radius 1 is 1.21 bits per heavy atom. The number of ketones is 1. The minimum atomic E-state index is -0.0751. The maximum absolute atomic E-state index is 11.2. The number of carbonyl (C=O) groups excluding carboxylic acids is 1. The van der Waals surface area contributed by atoms with Gasteiger partial charge in [0.25, 0.3) is 0 Å². The molecule has 2 heteroatoms. The lowest BCUT2D eigenvalue weighted by Gasteiger charge is -2.04. The Morgan fingerprint density at radius 2 is 1.79 bits per heavy atom. The van der Waals surface area contributed by atoms with Gasteiger partial charge in [0.2, 0.25) is 0 Å². The number of aliphatic hydroxyl groups is 1. The van der Waals surface area contributed by atoms with E-state index in [1.54, 1.807) is 6.92 Å². The van der Waals surface area contributed by atoms with Crippen LogP contribution in [0.4, 0.5) is 0 Å². The molecule has 0 aliphatic carbocycles. The van der Waals surface area contributed by atoms with Crippen LogP contribution in [-0.2, 0) is 11.2 Å². The molecule has 1 aromatic rings. The molecule has 0 amide bonds. The van der Waals surface area contributed by atoms with E-state index in [-0.39, 0.29) is 11.5 Å². The van der Waals surface area contributed by atoms with E-state index in [2.05, 4.69) is 0 Å². The summed E-state index contributed by atoms with van der Waals surface area (Å²) >= 11 is 0. The first kappa shape index (κ1) is 10.5. The van der Waals surface area contributed by atoms with Crippen molar-refractivity contribution in [3.8, 4) is 0 Å². The molecule has 1 rings (SSSR count). The Kier molecular flexibility index (Phi) is 3.46. The van der Waals surface area contributed by atoms with Crippen molar-refractivity contribution in [3.05, 3.63) is 47.2 Å². The lowest BCUT2D eigenvalue weighted by Crippen LogP contribution is -2.03. The highest BCUT2D eigenvalue weighted by molar-refractivity contribution is 5.94. The molecule has 0 saturated carbocycles. The second-order valence-corrected chi connectivity index (χ2v) is 3.28. The van der Waals surface area contributed by atoms with E-state index in [1.165, 1.54) is 6.92 Å². The van der Waals surface area contributed by atoms with Crippen molar-refractivity contribution in [1.82, 2.24) is 0 Å². The van der Waals surface area contributed by atoms with Gasteiger partial charge in [0.1, 0.15) is 0 Å². The van der Waals surface area contributed by atoms with Crippen LogP contribution < -0.4 is 0 Å². The molecule has 0 radical (unpaired) electrons. The van der Waals surface area contributed by atoms with Gasteiger partial charge in [-0.15, -0.1) is 0 Å². The molecule has 0 heterocycles. The van der Waals surface area contributed by atoms with Crippen LogP contribution in [0.2, 0.25) is 0 Å². The Morgan fingerprint density at radius 3 is 2.21 bits per heavy atom. The second-order valence-electron chi connectivity index (χ2n) is 3.28. The zero-order valence-electron chi connectivity index (χ0n) is 8.45. The highest BCUT2D eigenvalue weighted by Crippen LogP contribution is 2.11. The number of aliphatic hydroxyl groups excluding tert-OH is 1. The molecular weight excluding hydrogens is 176 g/mol. The number of rotatable bonds is 3. The van der Waals surface area contributed by atoms with Crippen LogP contribution in [0.5, 0.6) is 0 Å². The van der Waals surface area contributed by atoms with E-state index in [1.807, 2.05) is 30.3 Å². The van der Waals surface area contributed by atoms with Crippen molar-refractivity contribution < 1.29 is 9.90 Å². The highest BCUT2D eigenvalue weighted by atomic mass is 16.3. The standard InChI is InChI=1S/C12H14O2/c1-9(13)12(10(2)14)8-11-6-4-3-5-7-11/h3-7,13H,8H2,1-2H3/b12-9+. The second kappa shape index (κ2) is 4.61. The molecule has 0 aliphatic rings. The monoisotopic (exact) mass is 190 g/mol. The number of allylic oxidation sites excluding steroid dienone is 2. The number of hydrogen-bond acceptors (Lipinski definition) is 2. The number of Topliss-reactive ketones (excluding diaryl/α,β-unsaturated/α-hetero) is 1. The van der Waals surface area contributed by atoms with E-state index in [0.717, 1.165) is 5.56 Å². The summed E-state index contributed by atoms with van der Waals surface area (Å²) < 4.78 is 0. The van der Waals surface area contributed by atoms with Crippen molar-refractivity contribution in [2.24, 2.45) is 0 Å². The largest absolute Gasteiger partial charge is 0.512 e. The number of hydrogen-bond donors (Lipinski definition) is 1. The summed E-state index contributed by atoms with van der Waals surface area (Å²) in [5, 5.41) is 9.30. The zero-order chi connectivity index (χ0) is 10.6. The minimum absolute atomic E-state index is 0.0751. The van der Waals surface area contributed by atoms with Gasteiger partial charge in [-0.2, -0.15) is 0 Å². The molecular formula is C12H14O2. The predicted octanol–water partition coefficient (Wildman–Crippen LogP) is 2.65. The van der Waals surface area contributed by atoms with Crippen molar-refractivity contribution in [2.75, 3.05) is 0 Å². The van der Waals surface area contributed by atoms with Gasteiger partial charge in [-0.1, -0.05) is 30.3 Å². The molecule has 0 aromatic heterocycles. The normalized spacial score (nSPS) is 12.1. The van der Waals surface area contributed by atoms with E-state index >= 15 is 0 Å². The molecule has 0 fully saturated rings. The molecule has 0 saturated heterocycles. The maximum atomic E-state index is 11.2. The van der Waals surface area contributed by atoms with Gasteiger partial charge in [0.15, 0.2) is 5.78 Å². The van der Waals surface area contributed by atoms with Crippen LogP contribution in [0.3, 0.4) is 0 Å². The van der Waals surface area contributed by atoms with Crippen molar-refractivity contribution in [1.29, 1.82) is 0 Å². The van der Waals surface area contributed by atoms with E-state index in [9.17, 15) is 9.90 Å². The fourth-order valence-corrected chi connectivity index (χ4v) is 1.31. The molecule has 0 spiro atoms. The quantitative estimate of drug-likeness (QED) is 0.587. The Balaban J connectivity index is 2.87. The summed E-state index contributed by atoms with van der Waals surface area (Å²) in [4.78, 5) is 11.2. The van der Waals surface area contributed by atoms with E-state index in [0.29, 0.717) is 12.0 Å². The summed E-state index contributed by atoms with van der Waals surface area (Å²) in [6, 6.07) is 9.63. The molecule has 14 heavy (non-hydrogen) atoms.